The molecule has 3 rings (SSSR count). The second-order valence-corrected chi connectivity index (χ2v) is 5.19. The van der Waals surface area contributed by atoms with Gasteiger partial charge in [0, 0.05) is 5.39 Å². The molecule has 0 radical (unpaired) electrons. The van der Waals surface area contributed by atoms with Crippen molar-refractivity contribution in [2.45, 2.75) is 0 Å². The Kier molecular flexibility index (Phi) is 4.21. The first-order chi connectivity index (χ1) is 12.0. The Hall–Kier alpha value is -3.61. The third-order valence-corrected chi connectivity index (χ3v) is 3.63. The molecule has 0 saturated carbocycles. The summed E-state index contributed by atoms with van der Waals surface area (Å²) in [6.45, 7) is 0. The Morgan fingerprint density at radius 1 is 1.08 bits per heavy atom. The summed E-state index contributed by atoms with van der Waals surface area (Å²) in [6.07, 6.45) is 0. The molecule has 3 aromatic rings. The van der Waals surface area contributed by atoms with Gasteiger partial charge in [-0.25, -0.2) is 4.79 Å². The fourth-order valence-corrected chi connectivity index (χ4v) is 2.43. The Bertz CT molecular complexity index is 1040. The number of hydrogen-bond acceptors (Lipinski definition) is 5. The predicted octanol–water partition coefficient (Wildman–Crippen LogP) is 2.15. The fraction of sp³-hybridized carbons (Fsp3) is 0.0556. The smallest absolute Gasteiger partial charge is 0.349 e. The number of carbonyl (C=O) groups is 2. The first-order valence-electron chi connectivity index (χ1n) is 7.32. The molecule has 25 heavy (non-hydrogen) atoms. The van der Waals surface area contributed by atoms with Crippen LogP contribution in [0.2, 0.25) is 0 Å². The number of nitrogens with one attached hydrogen (secondary N) is 1. The zero-order valence-electron chi connectivity index (χ0n) is 13.2. The summed E-state index contributed by atoms with van der Waals surface area (Å²) >= 11 is 0. The number of nitrogens with two attached hydrogens (primary N) is 1. The number of benzene rings is 2. The highest BCUT2D eigenvalue weighted by molar-refractivity contribution is 6.09. The molecule has 0 aliphatic rings. The van der Waals surface area contributed by atoms with Gasteiger partial charge in [0.25, 0.3) is 11.8 Å². The number of hydrogen-bond donors (Lipinski definition) is 2. The molecular formula is C18H14N2O5. The number of ether oxygens (including phenoxy) is 1. The molecule has 0 fully saturated rings. The van der Waals surface area contributed by atoms with Gasteiger partial charge in [-0.05, 0) is 24.3 Å². The van der Waals surface area contributed by atoms with Gasteiger partial charge in [0.05, 0.1) is 18.4 Å². The number of primary amides is 1. The number of amides is 2. The monoisotopic (exact) mass is 338 g/mol. The summed E-state index contributed by atoms with van der Waals surface area (Å²) in [7, 11) is 1.45. The van der Waals surface area contributed by atoms with Crippen LogP contribution in [0.25, 0.3) is 11.0 Å². The quantitative estimate of drug-likeness (QED) is 0.708. The minimum absolute atomic E-state index is 0.141. The van der Waals surface area contributed by atoms with Crippen LogP contribution >= 0.6 is 0 Å². The van der Waals surface area contributed by atoms with Gasteiger partial charge in [-0.2, -0.15) is 0 Å². The molecule has 0 aliphatic carbocycles. The van der Waals surface area contributed by atoms with Crippen LogP contribution in [0.4, 0.5) is 5.69 Å². The molecule has 7 heteroatoms. The topological polar surface area (TPSA) is 112 Å². The molecule has 126 valence electrons. The van der Waals surface area contributed by atoms with Crippen LogP contribution in [0, 0.1) is 0 Å². The first kappa shape index (κ1) is 16.3. The third kappa shape index (κ3) is 3.07. The Morgan fingerprint density at radius 2 is 1.84 bits per heavy atom. The minimum Gasteiger partial charge on any atom is -0.493 e. The Balaban J connectivity index is 2.02. The van der Waals surface area contributed by atoms with Gasteiger partial charge in [0.1, 0.15) is 5.56 Å². The van der Waals surface area contributed by atoms with Crippen molar-refractivity contribution < 1.29 is 18.7 Å². The van der Waals surface area contributed by atoms with E-state index in [2.05, 4.69) is 5.32 Å². The molecule has 0 bridgehead atoms. The van der Waals surface area contributed by atoms with Crippen LogP contribution in [-0.4, -0.2) is 18.9 Å². The Morgan fingerprint density at radius 3 is 2.56 bits per heavy atom. The van der Waals surface area contributed by atoms with Gasteiger partial charge in [-0.15, -0.1) is 0 Å². The van der Waals surface area contributed by atoms with Crippen molar-refractivity contribution in [3.8, 4) is 5.75 Å². The standard InChI is InChI=1S/C18H14N2O5/c1-24-14-8-4-5-10-9-12(18(23)25-15(10)14)17(22)20-13-7-3-2-6-11(13)16(19)21/h2-9H,1H3,(H2,19,21)(H,20,22). The number of anilines is 1. The van der Waals surface area contributed by atoms with E-state index in [9.17, 15) is 14.4 Å². The van der Waals surface area contributed by atoms with Crippen molar-refractivity contribution >= 4 is 28.5 Å². The molecule has 0 aliphatic heterocycles. The molecule has 3 N–H and O–H groups in total. The zero-order chi connectivity index (χ0) is 18.0. The van der Waals surface area contributed by atoms with E-state index in [1.165, 1.54) is 25.3 Å². The second kappa shape index (κ2) is 6.48. The summed E-state index contributed by atoms with van der Waals surface area (Å²) in [5.74, 6) is -1.00. The molecule has 0 unspecified atom stereocenters. The molecule has 0 saturated heterocycles. The maximum Gasteiger partial charge on any atom is 0.349 e. The van der Waals surface area contributed by atoms with E-state index in [4.69, 9.17) is 14.9 Å². The van der Waals surface area contributed by atoms with Crippen molar-refractivity contribution in [3.05, 3.63) is 70.1 Å². The molecule has 0 spiro atoms. The maximum atomic E-state index is 12.5. The summed E-state index contributed by atoms with van der Waals surface area (Å²) in [5, 5.41) is 3.05. The summed E-state index contributed by atoms with van der Waals surface area (Å²) < 4.78 is 10.4. The third-order valence-electron chi connectivity index (χ3n) is 3.63. The predicted molar refractivity (Wildman–Crippen MR) is 91.9 cm³/mol. The summed E-state index contributed by atoms with van der Waals surface area (Å²) in [4.78, 5) is 36.1. The van der Waals surface area contributed by atoms with Crippen LogP contribution < -0.4 is 21.4 Å². The van der Waals surface area contributed by atoms with Gasteiger partial charge in [-0.1, -0.05) is 24.3 Å². The van der Waals surface area contributed by atoms with Crippen LogP contribution in [0.15, 0.2) is 57.7 Å². The molecular weight excluding hydrogens is 324 g/mol. The van der Waals surface area contributed by atoms with E-state index in [0.717, 1.165) is 0 Å². The summed E-state index contributed by atoms with van der Waals surface area (Å²) in [5.41, 5.74) is 4.88. The van der Waals surface area contributed by atoms with Crippen LogP contribution in [0.3, 0.4) is 0 Å². The molecule has 2 amide bonds. The molecule has 1 heterocycles. The largest absolute Gasteiger partial charge is 0.493 e. The van der Waals surface area contributed by atoms with Crippen molar-refractivity contribution in [1.29, 1.82) is 0 Å². The first-order valence-corrected chi connectivity index (χ1v) is 7.32. The number of methoxy groups -OCH3 is 1. The highest BCUT2D eigenvalue weighted by Crippen LogP contribution is 2.24. The van der Waals surface area contributed by atoms with Gasteiger partial charge in [-0.3, -0.25) is 9.59 Å². The van der Waals surface area contributed by atoms with Crippen molar-refractivity contribution in [1.82, 2.24) is 0 Å². The number of para-hydroxylation sites is 2. The normalized spacial score (nSPS) is 10.4. The molecule has 0 atom stereocenters. The maximum absolute atomic E-state index is 12.5. The van der Waals surface area contributed by atoms with E-state index in [-0.39, 0.29) is 22.4 Å². The molecule has 1 aromatic heterocycles. The van der Waals surface area contributed by atoms with Crippen molar-refractivity contribution in [2.75, 3.05) is 12.4 Å². The molecule has 2 aromatic carbocycles. The highest BCUT2D eigenvalue weighted by Gasteiger charge is 2.17. The average Bonchev–Trinajstić information content (AvgIpc) is 2.60. The highest BCUT2D eigenvalue weighted by atomic mass is 16.5. The minimum atomic E-state index is -0.814. The Labute approximate surface area is 142 Å². The SMILES string of the molecule is COc1cccc2cc(C(=O)Nc3ccccc3C(N)=O)c(=O)oc12. The van der Waals surface area contributed by atoms with E-state index in [1.807, 2.05) is 0 Å². The van der Waals surface area contributed by atoms with Gasteiger partial charge in [0.2, 0.25) is 0 Å². The zero-order valence-corrected chi connectivity index (χ0v) is 13.2. The lowest BCUT2D eigenvalue weighted by atomic mass is 10.1. The van der Waals surface area contributed by atoms with Crippen molar-refractivity contribution in [3.63, 3.8) is 0 Å². The van der Waals surface area contributed by atoms with E-state index >= 15 is 0 Å². The lowest BCUT2D eigenvalue weighted by Gasteiger charge is -2.09. The number of carbonyl (C=O) groups excluding carboxylic acids is 2. The number of fused-ring (bicyclic) bond motifs is 1. The van der Waals surface area contributed by atoms with E-state index in [0.29, 0.717) is 11.1 Å². The van der Waals surface area contributed by atoms with Crippen LogP contribution in [0.5, 0.6) is 5.75 Å². The van der Waals surface area contributed by atoms with Gasteiger partial charge < -0.3 is 20.2 Å². The lowest BCUT2D eigenvalue weighted by Crippen LogP contribution is -2.23. The number of rotatable bonds is 4. The van der Waals surface area contributed by atoms with E-state index in [1.54, 1.807) is 30.3 Å². The lowest BCUT2D eigenvalue weighted by molar-refractivity contribution is 0.100. The second-order valence-electron chi connectivity index (χ2n) is 5.19. The summed E-state index contributed by atoms with van der Waals surface area (Å²) in [6, 6.07) is 12.7. The van der Waals surface area contributed by atoms with Crippen LogP contribution in [0.1, 0.15) is 20.7 Å². The molecule has 7 nitrogen and oxygen atoms in total. The van der Waals surface area contributed by atoms with E-state index < -0.39 is 17.4 Å². The average molecular weight is 338 g/mol. The van der Waals surface area contributed by atoms with Gasteiger partial charge >= 0.3 is 5.63 Å². The van der Waals surface area contributed by atoms with Gasteiger partial charge in [0.15, 0.2) is 11.3 Å². The van der Waals surface area contributed by atoms with Crippen LogP contribution in [-0.2, 0) is 0 Å². The fourth-order valence-electron chi connectivity index (χ4n) is 2.43. The van der Waals surface area contributed by atoms with Crippen molar-refractivity contribution in [2.24, 2.45) is 5.73 Å².